The Morgan fingerprint density at radius 2 is 1.82 bits per heavy atom. The largest absolute Gasteiger partial charge is 0.497 e. The zero-order valence-electron chi connectivity index (χ0n) is 22.1. The molecule has 204 valence electrons. The molecule has 1 atom stereocenters. The highest BCUT2D eigenvalue weighted by Crippen LogP contribution is 2.30. The number of nitrogens with one attached hydrogen (secondary N) is 1. The molecule has 0 aliphatic carbocycles. The molecule has 38 heavy (non-hydrogen) atoms. The average Bonchev–Trinajstić information content (AvgIpc) is 3.30. The lowest BCUT2D eigenvalue weighted by molar-refractivity contribution is -0.113. The number of hydrogen-bond acceptors (Lipinski definition) is 8. The van der Waals surface area contributed by atoms with E-state index in [1.165, 1.54) is 11.8 Å². The van der Waals surface area contributed by atoms with Gasteiger partial charge in [0.25, 0.3) is 0 Å². The van der Waals surface area contributed by atoms with E-state index < -0.39 is 0 Å². The third-order valence-electron chi connectivity index (χ3n) is 5.94. The molecule has 1 saturated heterocycles. The van der Waals surface area contributed by atoms with Crippen LogP contribution in [0.1, 0.15) is 32.7 Å². The van der Waals surface area contributed by atoms with Gasteiger partial charge in [0.1, 0.15) is 11.5 Å². The lowest BCUT2D eigenvalue weighted by Crippen LogP contribution is -2.36. The molecule has 9 nitrogen and oxygen atoms in total. The standard InChI is InChI=1S/C27H34ClN5O4S/c1-18(2)16-33-26(19(3)37-22-8-6-21(35-4)7-9-22)30-31-27(33)38-17-25(34)29-20-5-10-24(23(28)15-20)32-11-13-36-14-12-32/h5-10,15,18-19H,11-14,16-17H2,1-4H3,(H,29,34). The fraction of sp³-hybridized carbons (Fsp3) is 0.444. The number of rotatable bonds is 11. The van der Waals surface area contributed by atoms with Crippen LogP contribution in [-0.2, 0) is 16.1 Å². The monoisotopic (exact) mass is 559 g/mol. The van der Waals surface area contributed by atoms with E-state index in [9.17, 15) is 4.79 Å². The maximum atomic E-state index is 12.8. The molecule has 0 spiro atoms. The third-order valence-corrected chi connectivity index (χ3v) is 7.21. The van der Waals surface area contributed by atoms with Crippen molar-refractivity contribution in [3.8, 4) is 11.5 Å². The predicted octanol–water partition coefficient (Wildman–Crippen LogP) is 5.30. The third kappa shape index (κ3) is 7.33. The highest BCUT2D eigenvalue weighted by Gasteiger charge is 2.21. The van der Waals surface area contributed by atoms with Gasteiger partial charge in [-0.1, -0.05) is 37.2 Å². The van der Waals surface area contributed by atoms with Crippen molar-refractivity contribution in [2.24, 2.45) is 5.92 Å². The van der Waals surface area contributed by atoms with Crippen molar-refractivity contribution in [3.63, 3.8) is 0 Å². The summed E-state index contributed by atoms with van der Waals surface area (Å²) in [6.45, 7) is 9.87. The van der Waals surface area contributed by atoms with Gasteiger partial charge < -0.3 is 29.0 Å². The van der Waals surface area contributed by atoms with E-state index >= 15 is 0 Å². The predicted molar refractivity (Wildman–Crippen MR) is 151 cm³/mol. The number of amides is 1. The minimum absolute atomic E-state index is 0.145. The van der Waals surface area contributed by atoms with E-state index in [0.29, 0.717) is 53.1 Å². The maximum Gasteiger partial charge on any atom is 0.234 e. The van der Waals surface area contributed by atoms with Crippen LogP contribution in [0.25, 0.3) is 0 Å². The second-order valence-electron chi connectivity index (χ2n) is 9.38. The summed E-state index contributed by atoms with van der Waals surface area (Å²) in [7, 11) is 1.63. The summed E-state index contributed by atoms with van der Waals surface area (Å²) in [5.41, 5.74) is 1.60. The number of carbonyl (C=O) groups is 1. The molecule has 11 heteroatoms. The number of methoxy groups -OCH3 is 1. The molecule has 1 aliphatic rings. The maximum absolute atomic E-state index is 12.8. The number of carbonyl (C=O) groups excluding carboxylic acids is 1. The first kappa shape index (κ1) is 28.1. The minimum Gasteiger partial charge on any atom is -0.497 e. The van der Waals surface area contributed by atoms with E-state index in [1.54, 1.807) is 13.2 Å². The van der Waals surface area contributed by atoms with Crippen molar-refractivity contribution in [1.82, 2.24) is 14.8 Å². The van der Waals surface area contributed by atoms with Gasteiger partial charge in [-0.05, 0) is 55.3 Å². The summed E-state index contributed by atoms with van der Waals surface area (Å²) in [6.07, 6.45) is -0.329. The van der Waals surface area contributed by atoms with Gasteiger partial charge in [0.05, 0.1) is 36.8 Å². The van der Waals surface area contributed by atoms with Crippen molar-refractivity contribution in [2.75, 3.05) is 49.4 Å². The number of hydrogen-bond donors (Lipinski definition) is 1. The molecule has 1 N–H and O–H groups in total. The minimum atomic E-state index is -0.329. The van der Waals surface area contributed by atoms with Crippen LogP contribution in [0.2, 0.25) is 5.02 Å². The zero-order valence-corrected chi connectivity index (χ0v) is 23.7. The number of aromatic nitrogens is 3. The Balaban J connectivity index is 1.38. The SMILES string of the molecule is COc1ccc(OC(C)c2nnc(SCC(=O)Nc3ccc(N4CCOCC4)c(Cl)c3)n2CC(C)C)cc1. The van der Waals surface area contributed by atoms with Gasteiger partial charge in [-0.15, -0.1) is 10.2 Å². The van der Waals surface area contributed by atoms with E-state index in [4.69, 9.17) is 25.8 Å². The molecule has 3 aromatic rings. The van der Waals surface area contributed by atoms with Crippen molar-refractivity contribution in [2.45, 2.75) is 38.6 Å². The van der Waals surface area contributed by atoms with E-state index in [1.807, 2.05) is 47.9 Å². The molecule has 1 fully saturated rings. The van der Waals surface area contributed by atoms with E-state index in [0.717, 1.165) is 24.5 Å². The average molecular weight is 560 g/mol. The van der Waals surface area contributed by atoms with E-state index in [-0.39, 0.29) is 17.8 Å². The molecule has 1 aliphatic heterocycles. The summed E-state index contributed by atoms with van der Waals surface area (Å²) >= 11 is 7.86. The second-order valence-corrected chi connectivity index (χ2v) is 10.7. The van der Waals surface area contributed by atoms with E-state index in [2.05, 4.69) is 34.3 Å². The fourth-order valence-electron chi connectivity index (χ4n) is 4.13. The Hall–Kier alpha value is -2.95. The van der Waals surface area contributed by atoms with Crippen LogP contribution >= 0.6 is 23.4 Å². The molecule has 1 aromatic heterocycles. The topological polar surface area (TPSA) is 90.7 Å². The number of anilines is 2. The Bertz CT molecular complexity index is 1210. The first-order valence-corrected chi connectivity index (χ1v) is 14.0. The van der Waals surface area contributed by atoms with Crippen LogP contribution in [0.15, 0.2) is 47.6 Å². The van der Waals surface area contributed by atoms with Crippen LogP contribution in [-0.4, -0.2) is 59.8 Å². The first-order valence-electron chi connectivity index (χ1n) is 12.6. The molecule has 0 saturated carbocycles. The molecule has 1 amide bonds. The number of morpholine rings is 1. The number of benzene rings is 2. The molecule has 2 heterocycles. The summed E-state index contributed by atoms with van der Waals surface area (Å²) in [6, 6.07) is 13.0. The van der Waals surface area contributed by atoms with Crippen molar-refractivity contribution >= 4 is 40.6 Å². The van der Waals surface area contributed by atoms with Gasteiger partial charge in [-0.3, -0.25) is 4.79 Å². The Morgan fingerprint density at radius 1 is 1.11 bits per heavy atom. The Morgan fingerprint density at radius 3 is 2.47 bits per heavy atom. The fourth-order valence-corrected chi connectivity index (χ4v) is 5.18. The number of thioether (sulfide) groups is 1. The first-order chi connectivity index (χ1) is 18.3. The summed E-state index contributed by atoms with van der Waals surface area (Å²) in [5, 5.41) is 13.0. The van der Waals surface area contributed by atoms with Crippen LogP contribution in [0.4, 0.5) is 11.4 Å². The number of ether oxygens (including phenoxy) is 3. The Labute approximate surface area is 232 Å². The van der Waals surface area contributed by atoms with Gasteiger partial charge >= 0.3 is 0 Å². The zero-order chi connectivity index (χ0) is 27.1. The second kappa shape index (κ2) is 13.2. The summed E-state index contributed by atoms with van der Waals surface area (Å²) in [4.78, 5) is 14.9. The smallest absolute Gasteiger partial charge is 0.234 e. The van der Waals surface area contributed by atoms with Gasteiger partial charge in [0, 0.05) is 25.3 Å². The molecule has 0 radical (unpaired) electrons. The van der Waals surface area contributed by atoms with Crippen molar-refractivity contribution in [1.29, 1.82) is 0 Å². The van der Waals surface area contributed by atoms with Gasteiger partial charge in [-0.2, -0.15) is 0 Å². The van der Waals surface area contributed by atoms with Gasteiger partial charge in [-0.25, -0.2) is 0 Å². The van der Waals surface area contributed by atoms with Crippen molar-refractivity contribution < 1.29 is 19.0 Å². The molecule has 4 rings (SSSR count). The number of halogens is 1. The molecular weight excluding hydrogens is 526 g/mol. The van der Waals surface area contributed by atoms with Crippen LogP contribution in [0.3, 0.4) is 0 Å². The summed E-state index contributed by atoms with van der Waals surface area (Å²) < 4.78 is 18.8. The van der Waals surface area contributed by atoms with Gasteiger partial charge in [0.15, 0.2) is 17.1 Å². The Kier molecular flexibility index (Phi) is 9.76. The van der Waals surface area contributed by atoms with Crippen LogP contribution in [0.5, 0.6) is 11.5 Å². The molecule has 1 unspecified atom stereocenters. The molecular formula is C27H34ClN5O4S. The number of nitrogens with zero attached hydrogens (tertiary/aromatic N) is 4. The molecule has 0 bridgehead atoms. The van der Waals surface area contributed by atoms with Gasteiger partial charge in [0.2, 0.25) is 5.91 Å². The quantitative estimate of drug-likeness (QED) is 0.316. The van der Waals surface area contributed by atoms with Crippen LogP contribution < -0.4 is 19.7 Å². The normalized spacial score (nSPS) is 14.4. The lowest BCUT2D eigenvalue weighted by atomic mass is 10.2. The molecule has 2 aromatic carbocycles. The highest BCUT2D eigenvalue weighted by molar-refractivity contribution is 7.99. The highest BCUT2D eigenvalue weighted by atomic mass is 35.5. The lowest BCUT2D eigenvalue weighted by Gasteiger charge is -2.29. The van der Waals surface area contributed by atoms with Crippen molar-refractivity contribution in [3.05, 3.63) is 53.3 Å². The summed E-state index contributed by atoms with van der Waals surface area (Å²) in [5.74, 6) is 2.59. The van der Waals surface area contributed by atoms with Crippen LogP contribution in [0, 0.1) is 5.92 Å².